The second-order valence-electron chi connectivity index (χ2n) is 4.64. The third-order valence-corrected chi connectivity index (χ3v) is 3.07. The first-order chi connectivity index (χ1) is 11.4. The van der Waals surface area contributed by atoms with Crippen molar-refractivity contribution < 1.29 is 27.6 Å². The van der Waals surface area contributed by atoms with Gasteiger partial charge >= 0.3 is 6.61 Å². The highest BCUT2D eigenvalue weighted by Gasteiger charge is 2.19. The molecule has 0 aliphatic carbocycles. The van der Waals surface area contributed by atoms with Crippen molar-refractivity contribution in [2.24, 2.45) is 0 Å². The van der Waals surface area contributed by atoms with Crippen molar-refractivity contribution in [2.75, 3.05) is 12.4 Å². The molecule has 0 aliphatic rings. The smallest absolute Gasteiger partial charge is 0.387 e. The number of anilines is 1. The van der Waals surface area contributed by atoms with Gasteiger partial charge in [-0.05, 0) is 17.7 Å². The highest BCUT2D eigenvalue weighted by atomic mass is 19.3. The number of rotatable bonds is 7. The molecular weight excluding hydrogens is 329 g/mol. The lowest BCUT2D eigenvalue weighted by Gasteiger charge is -2.11. The molecule has 2 rings (SSSR count). The topological polar surface area (TPSA) is 73.6 Å². The number of hydrogen-bond donors (Lipinski definition) is 1. The Labute approximate surface area is 135 Å². The van der Waals surface area contributed by atoms with Crippen LogP contribution in [0.25, 0.3) is 0 Å². The Morgan fingerprint density at radius 3 is 2.67 bits per heavy atom. The van der Waals surface area contributed by atoms with Crippen molar-refractivity contribution in [1.29, 1.82) is 0 Å². The summed E-state index contributed by atoms with van der Waals surface area (Å²) in [5, 5.41) is 13.8. The molecule has 0 fully saturated rings. The molecule has 0 atom stereocenters. The van der Waals surface area contributed by atoms with Gasteiger partial charge in [-0.2, -0.15) is 8.78 Å². The zero-order chi connectivity index (χ0) is 17.7. The Morgan fingerprint density at radius 1 is 1.29 bits per heavy atom. The molecule has 24 heavy (non-hydrogen) atoms. The predicted molar refractivity (Wildman–Crippen MR) is 80.0 cm³/mol. The van der Waals surface area contributed by atoms with E-state index in [0.29, 0.717) is 5.56 Å². The maximum absolute atomic E-state index is 13.6. The minimum Gasteiger partial charge on any atom is -0.494 e. The summed E-state index contributed by atoms with van der Waals surface area (Å²) >= 11 is 0. The number of nitro groups is 1. The van der Waals surface area contributed by atoms with Gasteiger partial charge in [0.1, 0.15) is 11.4 Å². The zero-order valence-corrected chi connectivity index (χ0v) is 12.5. The molecule has 0 aliphatic heterocycles. The van der Waals surface area contributed by atoms with Gasteiger partial charge in [-0.15, -0.1) is 0 Å². The number of ether oxygens (including phenoxy) is 2. The van der Waals surface area contributed by atoms with Gasteiger partial charge in [0.15, 0.2) is 11.6 Å². The molecule has 0 amide bonds. The molecule has 9 heteroatoms. The standard InChI is InChI=1S/C15H13F3N2O4/c1-23-14-7-12(13(20(21)22)6-11(14)16)19-8-9-3-2-4-10(5-9)24-15(17)18/h2-7,15,19H,8H2,1H3. The van der Waals surface area contributed by atoms with Crippen LogP contribution in [-0.4, -0.2) is 18.6 Å². The van der Waals surface area contributed by atoms with Crippen LogP contribution in [0, 0.1) is 15.9 Å². The molecule has 0 saturated carbocycles. The molecule has 0 unspecified atom stereocenters. The van der Waals surface area contributed by atoms with E-state index in [1.165, 1.54) is 25.3 Å². The third-order valence-electron chi connectivity index (χ3n) is 3.07. The van der Waals surface area contributed by atoms with Crippen LogP contribution < -0.4 is 14.8 Å². The highest BCUT2D eigenvalue weighted by Crippen LogP contribution is 2.32. The Kier molecular flexibility index (Phi) is 5.46. The molecule has 0 aromatic heterocycles. The molecule has 0 spiro atoms. The van der Waals surface area contributed by atoms with Gasteiger partial charge in [0.2, 0.25) is 0 Å². The maximum atomic E-state index is 13.6. The van der Waals surface area contributed by atoms with Crippen LogP contribution in [0.15, 0.2) is 36.4 Å². The van der Waals surface area contributed by atoms with Crippen LogP contribution in [0.3, 0.4) is 0 Å². The molecule has 0 saturated heterocycles. The predicted octanol–water partition coefficient (Wildman–Crippen LogP) is 3.96. The second-order valence-corrected chi connectivity index (χ2v) is 4.64. The van der Waals surface area contributed by atoms with Crippen molar-refractivity contribution in [3.05, 3.63) is 57.9 Å². The van der Waals surface area contributed by atoms with E-state index in [9.17, 15) is 23.3 Å². The van der Waals surface area contributed by atoms with Gasteiger partial charge in [0.25, 0.3) is 5.69 Å². The summed E-state index contributed by atoms with van der Waals surface area (Å²) in [6.45, 7) is -2.87. The summed E-state index contributed by atoms with van der Waals surface area (Å²) in [6, 6.07) is 7.77. The van der Waals surface area contributed by atoms with Crippen molar-refractivity contribution in [3.63, 3.8) is 0 Å². The van der Waals surface area contributed by atoms with Gasteiger partial charge in [-0.25, -0.2) is 4.39 Å². The van der Waals surface area contributed by atoms with Crippen LogP contribution in [0.5, 0.6) is 11.5 Å². The third kappa shape index (κ3) is 4.28. The quantitative estimate of drug-likeness (QED) is 0.609. The molecular formula is C15H13F3N2O4. The average Bonchev–Trinajstić information content (AvgIpc) is 2.53. The van der Waals surface area contributed by atoms with Crippen LogP contribution >= 0.6 is 0 Å². The minimum absolute atomic E-state index is 0.0320. The second kappa shape index (κ2) is 7.53. The number of hydrogen-bond acceptors (Lipinski definition) is 5. The zero-order valence-electron chi connectivity index (χ0n) is 12.5. The van der Waals surface area contributed by atoms with E-state index in [1.807, 2.05) is 0 Å². The molecule has 2 aromatic carbocycles. The van der Waals surface area contributed by atoms with Crippen LogP contribution in [0.2, 0.25) is 0 Å². The number of methoxy groups -OCH3 is 1. The Bertz CT molecular complexity index is 741. The van der Waals surface area contributed by atoms with Gasteiger partial charge < -0.3 is 14.8 Å². The van der Waals surface area contributed by atoms with E-state index in [1.54, 1.807) is 6.07 Å². The molecule has 0 heterocycles. The number of benzene rings is 2. The molecule has 2 aromatic rings. The van der Waals surface area contributed by atoms with Crippen LogP contribution in [-0.2, 0) is 6.54 Å². The summed E-state index contributed by atoms with van der Waals surface area (Å²) in [6.07, 6.45) is 0. The lowest BCUT2D eigenvalue weighted by molar-refractivity contribution is -0.384. The highest BCUT2D eigenvalue weighted by molar-refractivity contribution is 5.64. The monoisotopic (exact) mass is 342 g/mol. The Morgan fingerprint density at radius 2 is 2.04 bits per heavy atom. The Balaban J connectivity index is 2.21. The lowest BCUT2D eigenvalue weighted by Crippen LogP contribution is -2.05. The number of nitrogens with zero attached hydrogens (tertiary/aromatic N) is 1. The van der Waals surface area contributed by atoms with E-state index in [2.05, 4.69) is 10.1 Å². The summed E-state index contributed by atoms with van der Waals surface area (Å²) < 4.78 is 47.1. The first kappa shape index (κ1) is 17.4. The average molecular weight is 342 g/mol. The first-order valence-electron chi connectivity index (χ1n) is 6.70. The van der Waals surface area contributed by atoms with E-state index in [4.69, 9.17) is 4.74 Å². The van der Waals surface area contributed by atoms with Gasteiger partial charge in [-0.1, -0.05) is 12.1 Å². The fourth-order valence-electron chi connectivity index (χ4n) is 2.02. The van der Waals surface area contributed by atoms with Crippen molar-refractivity contribution in [3.8, 4) is 11.5 Å². The van der Waals surface area contributed by atoms with Gasteiger partial charge in [-0.3, -0.25) is 10.1 Å². The number of halogens is 3. The SMILES string of the molecule is COc1cc(NCc2cccc(OC(F)F)c2)c([N+](=O)[O-])cc1F. The molecule has 6 nitrogen and oxygen atoms in total. The van der Waals surface area contributed by atoms with Gasteiger partial charge in [0.05, 0.1) is 18.1 Å². The summed E-state index contributed by atoms with van der Waals surface area (Å²) in [5.74, 6) is -1.05. The van der Waals surface area contributed by atoms with E-state index >= 15 is 0 Å². The van der Waals surface area contributed by atoms with Crippen molar-refractivity contribution >= 4 is 11.4 Å². The van der Waals surface area contributed by atoms with E-state index in [-0.39, 0.29) is 23.7 Å². The molecule has 0 radical (unpaired) electrons. The number of alkyl halides is 2. The first-order valence-corrected chi connectivity index (χ1v) is 6.70. The molecule has 1 N–H and O–H groups in total. The molecule has 0 bridgehead atoms. The number of nitrogens with one attached hydrogen (secondary N) is 1. The molecule has 128 valence electrons. The van der Waals surface area contributed by atoms with Crippen molar-refractivity contribution in [1.82, 2.24) is 0 Å². The fraction of sp³-hybridized carbons (Fsp3) is 0.200. The summed E-state index contributed by atoms with van der Waals surface area (Å²) in [4.78, 5) is 10.3. The Hall–Kier alpha value is -2.97. The van der Waals surface area contributed by atoms with Gasteiger partial charge in [0, 0.05) is 12.6 Å². The van der Waals surface area contributed by atoms with E-state index in [0.717, 1.165) is 12.1 Å². The minimum atomic E-state index is -2.95. The lowest BCUT2D eigenvalue weighted by atomic mass is 10.2. The largest absolute Gasteiger partial charge is 0.494 e. The van der Waals surface area contributed by atoms with E-state index < -0.39 is 23.0 Å². The maximum Gasteiger partial charge on any atom is 0.387 e. The summed E-state index contributed by atoms with van der Waals surface area (Å²) in [5.41, 5.74) is 0.123. The number of nitro benzene ring substituents is 1. The van der Waals surface area contributed by atoms with Crippen molar-refractivity contribution in [2.45, 2.75) is 13.2 Å². The van der Waals surface area contributed by atoms with Crippen LogP contribution in [0.4, 0.5) is 24.5 Å². The van der Waals surface area contributed by atoms with Crippen LogP contribution in [0.1, 0.15) is 5.56 Å². The fourth-order valence-corrected chi connectivity index (χ4v) is 2.02. The summed E-state index contributed by atoms with van der Waals surface area (Å²) in [7, 11) is 1.24. The normalized spacial score (nSPS) is 10.5.